The molecule has 1 aliphatic carbocycles. The fourth-order valence-corrected chi connectivity index (χ4v) is 3.81. The van der Waals surface area contributed by atoms with Crippen LogP contribution >= 0.6 is 0 Å². The number of ether oxygens (including phenoxy) is 1. The van der Waals surface area contributed by atoms with Crippen molar-refractivity contribution >= 4 is 5.91 Å². The standard InChI is InChI=1S/C17H27N3O3/c1-12-11-20(9-7-17(12,22)8-10-23-2)16(21)15-13-5-3-4-6-14(13)18-19-15/h12,22H,3-11H2,1-2H3,(H,18,19)/t12-,17-/m1/s1. The smallest absolute Gasteiger partial charge is 0.274 e. The molecular formula is C17H27N3O3. The molecule has 2 atom stereocenters. The Balaban J connectivity index is 1.69. The van der Waals surface area contributed by atoms with Crippen LogP contribution in [0.1, 0.15) is 54.4 Å². The van der Waals surface area contributed by atoms with Crippen LogP contribution in [0.15, 0.2) is 0 Å². The van der Waals surface area contributed by atoms with Crippen molar-refractivity contribution in [2.75, 3.05) is 26.8 Å². The molecule has 1 fully saturated rings. The molecule has 23 heavy (non-hydrogen) atoms. The summed E-state index contributed by atoms with van der Waals surface area (Å²) in [6, 6.07) is 0. The first-order chi connectivity index (χ1) is 11.0. The molecule has 0 saturated carbocycles. The van der Waals surface area contributed by atoms with Crippen LogP contribution in [0.5, 0.6) is 0 Å². The molecule has 0 spiro atoms. The van der Waals surface area contributed by atoms with Crippen molar-refractivity contribution in [1.82, 2.24) is 15.1 Å². The van der Waals surface area contributed by atoms with Gasteiger partial charge in [-0.15, -0.1) is 0 Å². The molecule has 1 aromatic heterocycles. The van der Waals surface area contributed by atoms with Crippen LogP contribution in [0.2, 0.25) is 0 Å². The average molecular weight is 321 g/mol. The second kappa shape index (κ2) is 6.61. The number of fused-ring (bicyclic) bond motifs is 1. The number of H-pyrrole nitrogens is 1. The van der Waals surface area contributed by atoms with Crippen LogP contribution in [-0.2, 0) is 17.6 Å². The van der Waals surface area contributed by atoms with Gasteiger partial charge in [-0.1, -0.05) is 6.92 Å². The third-order valence-electron chi connectivity index (χ3n) is 5.51. The zero-order valence-corrected chi connectivity index (χ0v) is 14.1. The maximum atomic E-state index is 12.8. The van der Waals surface area contributed by atoms with E-state index in [9.17, 15) is 9.90 Å². The van der Waals surface area contributed by atoms with E-state index in [2.05, 4.69) is 10.2 Å². The van der Waals surface area contributed by atoms with E-state index in [1.807, 2.05) is 11.8 Å². The van der Waals surface area contributed by atoms with Crippen molar-refractivity contribution in [3.8, 4) is 0 Å². The van der Waals surface area contributed by atoms with Crippen molar-refractivity contribution in [3.63, 3.8) is 0 Å². The Morgan fingerprint density at radius 1 is 1.48 bits per heavy atom. The Bertz CT molecular complexity index is 571. The van der Waals surface area contributed by atoms with Gasteiger partial charge < -0.3 is 14.7 Å². The van der Waals surface area contributed by atoms with Crippen molar-refractivity contribution in [2.24, 2.45) is 5.92 Å². The minimum absolute atomic E-state index is 0.00467. The van der Waals surface area contributed by atoms with Gasteiger partial charge in [-0.05, 0) is 38.5 Å². The van der Waals surface area contributed by atoms with Crippen LogP contribution in [0.4, 0.5) is 0 Å². The van der Waals surface area contributed by atoms with Gasteiger partial charge in [0.05, 0.1) is 5.60 Å². The second-order valence-electron chi connectivity index (χ2n) is 6.99. The van der Waals surface area contributed by atoms with Gasteiger partial charge in [-0.25, -0.2) is 0 Å². The minimum Gasteiger partial charge on any atom is -0.389 e. The number of piperidine rings is 1. The molecule has 0 unspecified atom stereocenters. The summed E-state index contributed by atoms with van der Waals surface area (Å²) in [6.45, 7) is 3.70. The number of carbonyl (C=O) groups excluding carboxylic acids is 1. The summed E-state index contributed by atoms with van der Waals surface area (Å²) in [5, 5.41) is 18.1. The molecule has 1 aromatic rings. The number of aryl methyl sites for hydroxylation is 1. The molecule has 6 nitrogen and oxygen atoms in total. The number of carbonyl (C=O) groups is 1. The largest absolute Gasteiger partial charge is 0.389 e. The van der Waals surface area contributed by atoms with E-state index in [1.165, 1.54) is 0 Å². The first-order valence-electron chi connectivity index (χ1n) is 8.62. The highest BCUT2D eigenvalue weighted by molar-refractivity contribution is 5.94. The van der Waals surface area contributed by atoms with Gasteiger partial charge in [0.15, 0.2) is 5.69 Å². The van der Waals surface area contributed by atoms with E-state index in [0.29, 0.717) is 38.2 Å². The lowest BCUT2D eigenvalue weighted by molar-refractivity contribution is -0.0751. The van der Waals surface area contributed by atoms with Crippen LogP contribution in [0, 0.1) is 5.92 Å². The number of aromatic nitrogens is 2. The highest BCUT2D eigenvalue weighted by Crippen LogP contribution is 2.32. The molecule has 2 aliphatic rings. The van der Waals surface area contributed by atoms with Crippen molar-refractivity contribution < 1.29 is 14.6 Å². The third kappa shape index (κ3) is 3.15. The van der Waals surface area contributed by atoms with E-state index in [-0.39, 0.29) is 11.8 Å². The first kappa shape index (κ1) is 16.5. The Morgan fingerprint density at radius 2 is 2.26 bits per heavy atom. The number of rotatable bonds is 4. The number of amides is 1. The summed E-state index contributed by atoms with van der Waals surface area (Å²) in [4.78, 5) is 14.7. The molecule has 0 radical (unpaired) electrons. The predicted molar refractivity (Wildman–Crippen MR) is 86.4 cm³/mol. The average Bonchev–Trinajstić information content (AvgIpc) is 2.99. The van der Waals surface area contributed by atoms with Gasteiger partial charge in [-0.2, -0.15) is 5.10 Å². The summed E-state index contributed by atoms with van der Waals surface area (Å²) in [7, 11) is 1.65. The van der Waals surface area contributed by atoms with Crippen molar-refractivity contribution in [1.29, 1.82) is 0 Å². The van der Waals surface area contributed by atoms with E-state index >= 15 is 0 Å². The topological polar surface area (TPSA) is 78.5 Å². The van der Waals surface area contributed by atoms with Gasteiger partial charge in [-0.3, -0.25) is 9.89 Å². The third-order valence-corrected chi connectivity index (χ3v) is 5.51. The first-order valence-corrected chi connectivity index (χ1v) is 8.62. The summed E-state index contributed by atoms with van der Waals surface area (Å²) in [6.07, 6.45) is 5.42. The molecule has 128 valence electrons. The quantitative estimate of drug-likeness (QED) is 0.882. The van der Waals surface area contributed by atoms with E-state index < -0.39 is 5.60 Å². The molecule has 6 heteroatoms. The second-order valence-corrected chi connectivity index (χ2v) is 6.99. The van der Waals surface area contributed by atoms with E-state index in [1.54, 1.807) is 7.11 Å². The fraction of sp³-hybridized carbons (Fsp3) is 0.765. The number of aliphatic hydroxyl groups is 1. The zero-order valence-electron chi connectivity index (χ0n) is 14.1. The Morgan fingerprint density at radius 3 is 3.00 bits per heavy atom. The molecule has 0 bridgehead atoms. The highest BCUT2D eigenvalue weighted by Gasteiger charge is 2.40. The van der Waals surface area contributed by atoms with Crippen LogP contribution in [0.25, 0.3) is 0 Å². The SMILES string of the molecule is COCC[C@]1(O)CCN(C(=O)c2n[nH]c3c2CCCC3)C[C@H]1C. The van der Waals surface area contributed by atoms with Gasteiger partial charge in [0, 0.05) is 44.0 Å². The van der Waals surface area contributed by atoms with Crippen molar-refractivity contribution in [2.45, 2.75) is 51.0 Å². The molecule has 1 aliphatic heterocycles. The molecular weight excluding hydrogens is 294 g/mol. The monoisotopic (exact) mass is 321 g/mol. The Hall–Kier alpha value is -1.40. The minimum atomic E-state index is -0.738. The lowest BCUT2D eigenvalue weighted by Crippen LogP contribution is -2.53. The number of hydrogen-bond acceptors (Lipinski definition) is 4. The van der Waals surface area contributed by atoms with Crippen LogP contribution < -0.4 is 0 Å². The lowest BCUT2D eigenvalue weighted by Gasteiger charge is -2.43. The highest BCUT2D eigenvalue weighted by atomic mass is 16.5. The number of hydrogen-bond donors (Lipinski definition) is 2. The van der Waals surface area contributed by atoms with E-state index in [0.717, 1.165) is 36.9 Å². The van der Waals surface area contributed by atoms with Gasteiger partial charge >= 0.3 is 0 Å². The number of aromatic amines is 1. The summed E-state index contributed by atoms with van der Waals surface area (Å²) in [5.41, 5.74) is 2.09. The number of nitrogens with zero attached hydrogens (tertiary/aromatic N) is 2. The number of likely N-dealkylation sites (tertiary alicyclic amines) is 1. The Labute approximate surface area is 137 Å². The van der Waals surface area contributed by atoms with E-state index in [4.69, 9.17) is 4.74 Å². The molecule has 1 saturated heterocycles. The normalized spacial score (nSPS) is 27.8. The zero-order chi connectivity index (χ0) is 16.4. The van der Waals surface area contributed by atoms with Gasteiger partial charge in [0.25, 0.3) is 5.91 Å². The Kier molecular flexibility index (Phi) is 4.73. The maximum Gasteiger partial charge on any atom is 0.274 e. The van der Waals surface area contributed by atoms with Crippen molar-refractivity contribution in [3.05, 3.63) is 17.0 Å². The number of nitrogens with one attached hydrogen (secondary N) is 1. The molecule has 1 amide bonds. The summed E-state index contributed by atoms with van der Waals surface area (Å²) in [5.74, 6) is 0.0372. The summed E-state index contributed by atoms with van der Waals surface area (Å²) < 4.78 is 5.10. The van der Waals surface area contributed by atoms with Crippen LogP contribution in [0.3, 0.4) is 0 Å². The fourth-order valence-electron chi connectivity index (χ4n) is 3.81. The molecule has 0 aromatic carbocycles. The maximum absolute atomic E-state index is 12.8. The number of methoxy groups -OCH3 is 1. The molecule has 2 heterocycles. The molecule has 2 N–H and O–H groups in total. The van der Waals surface area contributed by atoms with Crippen LogP contribution in [-0.4, -0.2) is 58.5 Å². The van der Waals surface area contributed by atoms with Gasteiger partial charge in [0.2, 0.25) is 0 Å². The molecule has 3 rings (SSSR count). The summed E-state index contributed by atoms with van der Waals surface area (Å²) >= 11 is 0. The van der Waals surface area contributed by atoms with Gasteiger partial charge in [0.1, 0.15) is 0 Å². The lowest BCUT2D eigenvalue weighted by atomic mass is 9.79. The predicted octanol–water partition coefficient (Wildman–Crippen LogP) is 1.54.